The standard InChI is InChI=1S/C38H41O3P/c1-11-15-26-22-27-16-13-14-17-31(27)36(30(26)12-2)41-42-39-34-28(18-24(3)20-32(34)37(5,6)7)23-29-19-25(4)21-33(35(29)40-42)38(8,9)10/h2,11,13-22H,23H2,1,3-10H3/b15-11-. The van der Waals surface area contributed by atoms with Crippen LogP contribution >= 0.6 is 8.60 Å². The number of hydrogen-bond acceptors (Lipinski definition) is 3. The van der Waals surface area contributed by atoms with Crippen LogP contribution in [0.15, 0.2) is 60.7 Å². The van der Waals surface area contributed by atoms with Crippen molar-refractivity contribution in [1.29, 1.82) is 0 Å². The van der Waals surface area contributed by atoms with Crippen LogP contribution in [0.2, 0.25) is 0 Å². The molecule has 1 heterocycles. The molecule has 0 bridgehead atoms. The van der Waals surface area contributed by atoms with E-state index in [2.05, 4.69) is 97.7 Å². The third kappa shape index (κ3) is 5.79. The molecule has 0 unspecified atom stereocenters. The molecule has 0 amide bonds. The van der Waals surface area contributed by atoms with E-state index in [4.69, 9.17) is 20.0 Å². The van der Waals surface area contributed by atoms with Crippen LogP contribution < -0.4 is 13.6 Å². The molecule has 5 rings (SSSR count). The molecule has 0 aromatic heterocycles. The van der Waals surface area contributed by atoms with Gasteiger partial charge in [-0.3, -0.25) is 0 Å². The van der Waals surface area contributed by atoms with Crippen molar-refractivity contribution in [2.75, 3.05) is 0 Å². The van der Waals surface area contributed by atoms with Crippen LogP contribution in [0.3, 0.4) is 0 Å². The highest BCUT2D eigenvalue weighted by molar-refractivity contribution is 7.43. The SMILES string of the molecule is C#Cc1c(/C=C\C)cc2ccccc2c1OP1Oc2c(cc(C)cc2C(C)(C)C)Cc2cc(C)cc(C(C)(C)C)c2O1. The lowest BCUT2D eigenvalue weighted by molar-refractivity contribution is 0.371. The van der Waals surface area contributed by atoms with Crippen LogP contribution in [0.4, 0.5) is 0 Å². The largest absolute Gasteiger partial charge is 0.530 e. The molecule has 1 aliphatic heterocycles. The number of benzene rings is 4. The average molecular weight is 577 g/mol. The Labute approximate surface area is 252 Å². The Morgan fingerprint density at radius 3 is 1.88 bits per heavy atom. The first-order valence-electron chi connectivity index (χ1n) is 14.6. The molecular formula is C38H41O3P. The normalized spacial score (nSPS) is 13.9. The summed E-state index contributed by atoms with van der Waals surface area (Å²) >= 11 is 0. The zero-order valence-electron chi connectivity index (χ0n) is 26.3. The lowest BCUT2D eigenvalue weighted by Gasteiger charge is -2.32. The molecule has 0 atom stereocenters. The van der Waals surface area contributed by atoms with Crippen LogP contribution in [0.5, 0.6) is 17.2 Å². The third-order valence-electron chi connectivity index (χ3n) is 7.64. The maximum absolute atomic E-state index is 6.89. The smallest absolute Gasteiger partial charge is 0.408 e. The summed E-state index contributed by atoms with van der Waals surface area (Å²) < 4.78 is 20.6. The van der Waals surface area contributed by atoms with Gasteiger partial charge in [-0.05, 0) is 59.7 Å². The minimum absolute atomic E-state index is 0.148. The first-order valence-corrected chi connectivity index (χ1v) is 15.7. The van der Waals surface area contributed by atoms with Gasteiger partial charge in [0.15, 0.2) is 5.75 Å². The topological polar surface area (TPSA) is 27.7 Å². The number of fused-ring (bicyclic) bond motifs is 3. The van der Waals surface area contributed by atoms with Crippen LogP contribution in [-0.2, 0) is 17.3 Å². The summed E-state index contributed by atoms with van der Waals surface area (Å²) in [5, 5.41) is 1.97. The Balaban J connectivity index is 1.78. The van der Waals surface area contributed by atoms with Crippen LogP contribution in [0.25, 0.3) is 16.8 Å². The van der Waals surface area contributed by atoms with Gasteiger partial charge in [0.2, 0.25) is 0 Å². The number of allylic oxidation sites excluding steroid dienone is 1. The van der Waals surface area contributed by atoms with Crippen LogP contribution in [0, 0.1) is 26.2 Å². The predicted octanol–water partition coefficient (Wildman–Crippen LogP) is 10.7. The summed E-state index contributed by atoms with van der Waals surface area (Å²) in [5.74, 6) is 5.18. The Morgan fingerprint density at radius 1 is 0.833 bits per heavy atom. The summed E-state index contributed by atoms with van der Waals surface area (Å²) in [6.45, 7) is 19.6. The second-order valence-corrected chi connectivity index (χ2v) is 14.3. The molecule has 1 aliphatic rings. The van der Waals surface area contributed by atoms with Crippen LogP contribution in [-0.4, -0.2) is 0 Å². The number of hydrogen-bond donors (Lipinski definition) is 0. The molecule has 216 valence electrons. The van der Waals surface area contributed by atoms with Gasteiger partial charge in [0.05, 0.1) is 5.56 Å². The zero-order chi connectivity index (χ0) is 30.4. The Hall–Kier alpha value is -3.73. The fourth-order valence-corrected chi connectivity index (χ4v) is 6.84. The second-order valence-electron chi connectivity index (χ2n) is 13.3. The number of aryl methyl sites for hydroxylation is 2. The van der Waals surface area contributed by atoms with E-state index >= 15 is 0 Å². The molecule has 42 heavy (non-hydrogen) atoms. The molecule has 3 nitrogen and oxygen atoms in total. The Kier molecular flexibility index (Phi) is 7.91. The van der Waals surface area contributed by atoms with Gasteiger partial charge in [0, 0.05) is 22.9 Å². The van der Waals surface area contributed by atoms with Crippen molar-refractivity contribution in [1.82, 2.24) is 0 Å². The fourth-order valence-electron chi connectivity index (χ4n) is 5.66. The average Bonchev–Trinajstić information content (AvgIpc) is 2.89. The minimum Gasteiger partial charge on any atom is -0.408 e. The van der Waals surface area contributed by atoms with Gasteiger partial charge < -0.3 is 13.6 Å². The molecule has 0 radical (unpaired) electrons. The number of terminal acetylenes is 1. The zero-order valence-corrected chi connectivity index (χ0v) is 27.2. The summed E-state index contributed by atoms with van der Waals surface area (Å²) in [7, 11) is -1.95. The Morgan fingerprint density at radius 2 is 1.38 bits per heavy atom. The van der Waals surface area contributed by atoms with E-state index in [0.29, 0.717) is 17.7 Å². The monoisotopic (exact) mass is 576 g/mol. The van der Waals surface area contributed by atoms with E-state index in [9.17, 15) is 0 Å². The lowest BCUT2D eigenvalue weighted by atomic mass is 9.81. The van der Waals surface area contributed by atoms with Gasteiger partial charge in [0.1, 0.15) is 11.5 Å². The fraction of sp³-hybridized carbons (Fsp3) is 0.316. The molecule has 0 fully saturated rings. The minimum atomic E-state index is -1.95. The molecule has 0 saturated heterocycles. The maximum Gasteiger partial charge on any atom is 0.530 e. The van der Waals surface area contributed by atoms with Crippen molar-refractivity contribution in [2.45, 2.75) is 79.6 Å². The second kappa shape index (κ2) is 11.2. The van der Waals surface area contributed by atoms with E-state index < -0.39 is 8.60 Å². The van der Waals surface area contributed by atoms with E-state index in [0.717, 1.165) is 50.1 Å². The third-order valence-corrected chi connectivity index (χ3v) is 8.63. The van der Waals surface area contributed by atoms with E-state index in [1.807, 2.05) is 37.3 Å². The molecule has 4 heteroatoms. The van der Waals surface area contributed by atoms with Gasteiger partial charge in [-0.1, -0.05) is 119 Å². The van der Waals surface area contributed by atoms with Crippen LogP contribution in [0.1, 0.15) is 93.0 Å². The molecule has 0 saturated carbocycles. The van der Waals surface area contributed by atoms with Gasteiger partial charge in [-0.15, -0.1) is 6.42 Å². The Bertz CT molecular complexity index is 1670. The van der Waals surface area contributed by atoms with Crippen molar-refractivity contribution >= 4 is 25.5 Å². The molecule has 0 spiro atoms. The summed E-state index contributed by atoms with van der Waals surface area (Å²) in [4.78, 5) is 0. The van der Waals surface area contributed by atoms with Crippen molar-refractivity contribution in [3.05, 3.63) is 105 Å². The van der Waals surface area contributed by atoms with E-state index in [1.165, 1.54) is 11.1 Å². The van der Waals surface area contributed by atoms with Crippen molar-refractivity contribution in [3.63, 3.8) is 0 Å². The molecule has 0 aliphatic carbocycles. The number of rotatable bonds is 3. The first kappa shape index (κ1) is 29.8. The van der Waals surface area contributed by atoms with Gasteiger partial charge >= 0.3 is 8.60 Å². The molecule has 4 aromatic carbocycles. The lowest BCUT2D eigenvalue weighted by Crippen LogP contribution is -2.19. The molecular weight excluding hydrogens is 535 g/mol. The summed E-state index contributed by atoms with van der Waals surface area (Å²) in [5.41, 5.74) is 8.26. The van der Waals surface area contributed by atoms with E-state index in [-0.39, 0.29) is 10.8 Å². The first-order chi connectivity index (χ1) is 19.8. The summed E-state index contributed by atoms with van der Waals surface area (Å²) in [6.07, 6.45) is 10.9. The predicted molar refractivity (Wildman–Crippen MR) is 178 cm³/mol. The molecule has 4 aromatic rings. The van der Waals surface area contributed by atoms with Gasteiger partial charge in [0.25, 0.3) is 0 Å². The quantitative estimate of drug-likeness (QED) is 0.179. The van der Waals surface area contributed by atoms with Crippen molar-refractivity contribution < 1.29 is 13.6 Å². The van der Waals surface area contributed by atoms with E-state index in [1.54, 1.807) is 0 Å². The maximum atomic E-state index is 6.89. The van der Waals surface area contributed by atoms with Gasteiger partial charge in [-0.25, -0.2) is 0 Å². The highest BCUT2D eigenvalue weighted by atomic mass is 31.2. The summed E-state index contributed by atoms with van der Waals surface area (Å²) in [6, 6.07) is 19.2. The highest BCUT2D eigenvalue weighted by Gasteiger charge is 2.34. The van der Waals surface area contributed by atoms with Crippen molar-refractivity contribution in [3.8, 4) is 29.6 Å². The van der Waals surface area contributed by atoms with Crippen molar-refractivity contribution in [2.24, 2.45) is 0 Å². The molecule has 0 N–H and O–H groups in total. The highest BCUT2D eigenvalue weighted by Crippen LogP contribution is 2.53. The van der Waals surface area contributed by atoms with Gasteiger partial charge in [-0.2, -0.15) is 0 Å².